The third-order valence-corrected chi connectivity index (χ3v) is 11.1. The van der Waals surface area contributed by atoms with Crippen LogP contribution in [0.3, 0.4) is 0 Å². The Hall–Kier alpha value is -4.94. The lowest BCUT2D eigenvalue weighted by atomic mass is 10.0. The number of carbonyl (C=O) groups is 2. The molecule has 5 rings (SSSR count). The molecular weight excluding hydrogens is 706 g/mol. The summed E-state index contributed by atoms with van der Waals surface area (Å²) in [6.07, 6.45) is 3.91. The van der Waals surface area contributed by atoms with Crippen molar-refractivity contribution in [2.45, 2.75) is 55.6 Å². The average Bonchev–Trinajstić information content (AvgIpc) is 3.68. The van der Waals surface area contributed by atoms with Crippen molar-refractivity contribution >= 4 is 39.1 Å². The zero-order valence-electron chi connectivity index (χ0n) is 29.7. The maximum absolute atomic E-state index is 14.9. The van der Waals surface area contributed by atoms with E-state index < -0.39 is 28.5 Å². The number of benzene rings is 4. The number of methoxy groups -OCH3 is 4. The highest BCUT2D eigenvalue weighted by molar-refractivity contribution is 7.92. The third kappa shape index (κ3) is 9.10. The third-order valence-electron chi connectivity index (χ3n) is 9.12. The summed E-state index contributed by atoms with van der Waals surface area (Å²) in [4.78, 5) is 30.5. The van der Waals surface area contributed by atoms with Gasteiger partial charge in [0.05, 0.1) is 39.0 Å². The quantitative estimate of drug-likeness (QED) is 0.142. The van der Waals surface area contributed by atoms with Gasteiger partial charge in [0.2, 0.25) is 11.8 Å². The first-order valence-corrected chi connectivity index (χ1v) is 18.7. The summed E-state index contributed by atoms with van der Waals surface area (Å²) < 4.78 is 52.2. The Bertz CT molecular complexity index is 1940. The van der Waals surface area contributed by atoms with Crippen molar-refractivity contribution in [3.05, 3.63) is 107 Å². The van der Waals surface area contributed by atoms with Crippen LogP contribution in [-0.4, -0.2) is 72.2 Å². The lowest BCUT2D eigenvalue weighted by molar-refractivity contribution is -0.140. The topological polar surface area (TPSA) is 124 Å². The van der Waals surface area contributed by atoms with Crippen LogP contribution in [0.1, 0.15) is 36.8 Å². The Morgan fingerprint density at radius 3 is 2.08 bits per heavy atom. The molecule has 276 valence electrons. The number of sulfonamides is 1. The lowest BCUT2D eigenvalue weighted by Crippen LogP contribution is -2.54. The first kappa shape index (κ1) is 38.3. The van der Waals surface area contributed by atoms with Crippen molar-refractivity contribution in [3.63, 3.8) is 0 Å². The first-order chi connectivity index (χ1) is 25.1. The molecule has 4 aromatic carbocycles. The van der Waals surface area contributed by atoms with E-state index in [1.54, 1.807) is 36.4 Å². The van der Waals surface area contributed by atoms with Crippen molar-refractivity contribution in [2.24, 2.45) is 0 Å². The van der Waals surface area contributed by atoms with Crippen LogP contribution in [-0.2, 0) is 32.6 Å². The van der Waals surface area contributed by atoms with Gasteiger partial charge in [0.15, 0.2) is 11.5 Å². The normalized spacial score (nSPS) is 13.6. The summed E-state index contributed by atoms with van der Waals surface area (Å²) in [7, 11) is 1.21. The van der Waals surface area contributed by atoms with Gasteiger partial charge in [-0.2, -0.15) is 0 Å². The van der Waals surface area contributed by atoms with Crippen LogP contribution in [0.5, 0.6) is 23.0 Å². The van der Waals surface area contributed by atoms with E-state index in [0.29, 0.717) is 22.1 Å². The molecule has 0 spiro atoms. The molecule has 0 bridgehead atoms. The summed E-state index contributed by atoms with van der Waals surface area (Å²) in [5.41, 5.74) is 1.61. The molecule has 1 fully saturated rings. The predicted octanol–water partition coefficient (Wildman–Crippen LogP) is 6.27. The number of carbonyl (C=O) groups excluding carboxylic acids is 2. The number of nitrogens with one attached hydrogen (secondary N) is 1. The molecule has 1 unspecified atom stereocenters. The number of halogens is 1. The highest BCUT2D eigenvalue weighted by Gasteiger charge is 2.37. The summed E-state index contributed by atoms with van der Waals surface area (Å²) in [6, 6.07) is 24.3. The smallest absolute Gasteiger partial charge is 0.265 e. The fourth-order valence-corrected chi connectivity index (χ4v) is 7.88. The molecule has 0 aromatic heterocycles. The number of anilines is 1. The van der Waals surface area contributed by atoms with Crippen LogP contribution in [0, 0.1) is 0 Å². The van der Waals surface area contributed by atoms with E-state index in [4.69, 9.17) is 30.5 Å². The van der Waals surface area contributed by atoms with Gasteiger partial charge in [-0.25, -0.2) is 8.42 Å². The Balaban J connectivity index is 1.64. The Labute approximate surface area is 310 Å². The molecule has 1 N–H and O–H groups in total. The summed E-state index contributed by atoms with van der Waals surface area (Å²) in [5, 5.41) is 3.69. The minimum Gasteiger partial charge on any atom is -0.497 e. The Kier molecular flexibility index (Phi) is 12.9. The fraction of sp³-hybridized carbons (Fsp3) is 0.333. The van der Waals surface area contributed by atoms with Gasteiger partial charge >= 0.3 is 0 Å². The van der Waals surface area contributed by atoms with Crippen molar-refractivity contribution in [2.75, 3.05) is 39.3 Å². The number of nitrogens with zero attached hydrogens (tertiary/aromatic N) is 2. The van der Waals surface area contributed by atoms with Gasteiger partial charge in [0, 0.05) is 36.2 Å². The SMILES string of the molecule is COc1ccc(OC)c(N(CC(=O)N(Cc2ccc(Cl)cc2)C(Cc2ccccc2)C(=O)NC2CCCC2)S(=O)(=O)c2ccc(OC)c(OC)c2)c1. The standard InChI is InChI=1S/C39H44ClN3O8S/c1-48-31-18-20-35(49-2)33(23-31)43(52(46,47)32-19-21-36(50-3)37(24-32)51-4)26-38(44)42(25-28-14-16-29(40)17-15-28)34(22-27-10-6-5-7-11-27)39(45)41-30-12-8-9-13-30/h5-7,10-11,14-21,23-24,30,34H,8-9,12-13,22,25-26H2,1-4H3,(H,41,45). The highest BCUT2D eigenvalue weighted by atomic mass is 35.5. The van der Waals surface area contributed by atoms with Crippen LogP contribution in [0.15, 0.2) is 95.9 Å². The molecule has 4 aromatic rings. The maximum Gasteiger partial charge on any atom is 0.265 e. The molecule has 1 aliphatic carbocycles. The van der Waals surface area contributed by atoms with E-state index in [1.807, 2.05) is 30.3 Å². The zero-order chi connectivity index (χ0) is 37.3. The van der Waals surface area contributed by atoms with Gasteiger partial charge in [0.1, 0.15) is 24.1 Å². The minimum absolute atomic E-state index is 0.00504. The molecule has 52 heavy (non-hydrogen) atoms. The number of hydrogen-bond donors (Lipinski definition) is 1. The molecule has 2 amide bonds. The van der Waals surface area contributed by atoms with Crippen LogP contribution in [0.25, 0.3) is 0 Å². The van der Waals surface area contributed by atoms with E-state index in [-0.39, 0.29) is 47.0 Å². The van der Waals surface area contributed by atoms with Crippen LogP contribution < -0.4 is 28.6 Å². The van der Waals surface area contributed by atoms with Crippen molar-refractivity contribution in [1.82, 2.24) is 10.2 Å². The van der Waals surface area contributed by atoms with Gasteiger partial charge in [-0.1, -0.05) is 66.9 Å². The van der Waals surface area contributed by atoms with E-state index in [1.165, 1.54) is 57.6 Å². The highest BCUT2D eigenvalue weighted by Crippen LogP contribution is 2.38. The number of amides is 2. The van der Waals surface area contributed by atoms with E-state index in [2.05, 4.69) is 5.32 Å². The zero-order valence-corrected chi connectivity index (χ0v) is 31.3. The van der Waals surface area contributed by atoms with Gasteiger partial charge in [0.25, 0.3) is 10.0 Å². The Morgan fingerprint density at radius 2 is 1.44 bits per heavy atom. The second-order valence-corrected chi connectivity index (χ2v) is 14.7. The number of ether oxygens (including phenoxy) is 4. The number of rotatable bonds is 16. The second kappa shape index (κ2) is 17.5. The minimum atomic E-state index is -4.50. The molecule has 13 heteroatoms. The summed E-state index contributed by atoms with van der Waals surface area (Å²) in [6.45, 7) is -0.680. The van der Waals surface area contributed by atoms with Crippen LogP contribution in [0.4, 0.5) is 5.69 Å². The molecule has 0 heterocycles. The van der Waals surface area contributed by atoms with E-state index in [0.717, 1.165) is 35.6 Å². The molecule has 0 radical (unpaired) electrons. The second-order valence-electron chi connectivity index (χ2n) is 12.4. The molecule has 1 atom stereocenters. The molecule has 11 nitrogen and oxygen atoms in total. The Morgan fingerprint density at radius 1 is 0.788 bits per heavy atom. The lowest BCUT2D eigenvalue weighted by Gasteiger charge is -2.34. The fourth-order valence-electron chi connectivity index (χ4n) is 6.32. The van der Waals surface area contributed by atoms with Gasteiger partial charge in [-0.05, 0) is 60.4 Å². The molecule has 1 saturated carbocycles. The largest absolute Gasteiger partial charge is 0.497 e. The van der Waals surface area contributed by atoms with Crippen molar-refractivity contribution in [1.29, 1.82) is 0 Å². The van der Waals surface area contributed by atoms with Crippen molar-refractivity contribution < 1.29 is 37.0 Å². The van der Waals surface area contributed by atoms with Gasteiger partial charge in [-0.3, -0.25) is 13.9 Å². The van der Waals surface area contributed by atoms with Crippen LogP contribution >= 0.6 is 11.6 Å². The summed E-state index contributed by atoms with van der Waals surface area (Å²) in [5.74, 6) is 0.101. The molecule has 1 aliphatic rings. The monoisotopic (exact) mass is 749 g/mol. The van der Waals surface area contributed by atoms with Crippen molar-refractivity contribution in [3.8, 4) is 23.0 Å². The van der Waals surface area contributed by atoms with Gasteiger partial charge < -0.3 is 29.2 Å². The molecule has 0 aliphatic heterocycles. The average molecular weight is 750 g/mol. The first-order valence-electron chi connectivity index (χ1n) is 16.9. The maximum atomic E-state index is 14.9. The van der Waals surface area contributed by atoms with E-state index >= 15 is 0 Å². The van der Waals surface area contributed by atoms with E-state index in [9.17, 15) is 18.0 Å². The molecule has 0 saturated heterocycles. The summed E-state index contributed by atoms with van der Waals surface area (Å²) >= 11 is 6.21. The van der Waals surface area contributed by atoms with Crippen LogP contribution in [0.2, 0.25) is 5.02 Å². The molecular formula is C39H44ClN3O8S. The number of hydrogen-bond acceptors (Lipinski definition) is 8. The predicted molar refractivity (Wildman–Crippen MR) is 200 cm³/mol. The van der Waals surface area contributed by atoms with Gasteiger partial charge in [-0.15, -0.1) is 0 Å².